The number of anilines is 2. The summed E-state index contributed by atoms with van der Waals surface area (Å²) in [7, 11) is 1.81. The number of amides is 3. The van der Waals surface area contributed by atoms with Crippen LogP contribution in [0.4, 0.5) is 16.2 Å². The van der Waals surface area contributed by atoms with E-state index in [1.165, 1.54) is 0 Å². The van der Waals surface area contributed by atoms with Crippen LogP contribution < -0.4 is 10.2 Å². The lowest BCUT2D eigenvalue weighted by atomic mass is 10.1. The van der Waals surface area contributed by atoms with E-state index in [0.717, 1.165) is 32.8 Å². The minimum atomic E-state index is -0.562. The van der Waals surface area contributed by atoms with Crippen LogP contribution in [0, 0.1) is 6.92 Å². The number of rotatable bonds is 4. The first-order valence-electron chi connectivity index (χ1n) is 9.07. The van der Waals surface area contributed by atoms with E-state index in [1.807, 2.05) is 56.4 Å². The van der Waals surface area contributed by atoms with Crippen LogP contribution >= 0.6 is 0 Å². The Labute approximate surface area is 167 Å². The van der Waals surface area contributed by atoms with Gasteiger partial charge in [-0.1, -0.05) is 42.5 Å². The molecule has 2 aromatic carbocycles. The fourth-order valence-corrected chi connectivity index (χ4v) is 3.25. The van der Waals surface area contributed by atoms with Crippen molar-refractivity contribution >= 4 is 34.8 Å². The van der Waals surface area contributed by atoms with Crippen LogP contribution in [0.25, 0.3) is 22.2 Å². The minimum Gasteiger partial charge on any atom is -0.306 e. The Balaban J connectivity index is 1.60. The lowest BCUT2D eigenvalue weighted by Gasteiger charge is -2.17. The van der Waals surface area contributed by atoms with Gasteiger partial charge in [0.2, 0.25) is 6.41 Å². The third-order valence-electron chi connectivity index (χ3n) is 4.67. The maximum Gasteiger partial charge on any atom is 0.333 e. The Morgan fingerprint density at radius 3 is 2.59 bits per heavy atom. The Hall–Kier alpha value is -4.00. The van der Waals surface area contributed by atoms with Crippen molar-refractivity contribution in [3.8, 4) is 11.1 Å². The van der Waals surface area contributed by atoms with Gasteiger partial charge in [-0.05, 0) is 36.2 Å². The predicted molar refractivity (Wildman–Crippen MR) is 113 cm³/mol. The molecular formula is C22H19N5O2. The number of hydrogen-bond acceptors (Lipinski definition) is 4. The molecule has 144 valence electrons. The molecule has 4 rings (SSSR count). The van der Waals surface area contributed by atoms with Gasteiger partial charge in [0.15, 0.2) is 5.65 Å². The third kappa shape index (κ3) is 3.58. The summed E-state index contributed by atoms with van der Waals surface area (Å²) >= 11 is 0. The lowest BCUT2D eigenvalue weighted by molar-refractivity contribution is -0.106. The van der Waals surface area contributed by atoms with Gasteiger partial charge in [-0.2, -0.15) is 5.10 Å². The summed E-state index contributed by atoms with van der Waals surface area (Å²) < 4.78 is 1.68. The average Bonchev–Trinajstić information content (AvgIpc) is 3.02. The van der Waals surface area contributed by atoms with Crippen molar-refractivity contribution in [2.24, 2.45) is 7.05 Å². The summed E-state index contributed by atoms with van der Waals surface area (Å²) in [5.74, 6) is 0. The number of nitrogens with one attached hydrogen (secondary N) is 1. The number of fused-ring (bicyclic) bond motifs is 1. The number of aryl methyl sites for hydroxylation is 2. The monoisotopic (exact) mass is 385 g/mol. The molecule has 4 aromatic rings. The van der Waals surface area contributed by atoms with Crippen molar-refractivity contribution in [1.29, 1.82) is 0 Å². The highest BCUT2D eigenvalue weighted by molar-refractivity contribution is 6.12. The largest absolute Gasteiger partial charge is 0.333 e. The van der Waals surface area contributed by atoms with Gasteiger partial charge in [-0.3, -0.25) is 9.48 Å². The van der Waals surface area contributed by atoms with Crippen molar-refractivity contribution in [2.75, 3.05) is 10.2 Å². The van der Waals surface area contributed by atoms with E-state index in [1.54, 1.807) is 29.1 Å². The molecule has 0 saturated carbocycles. The number of carbonyl (C=O) groups is 2. The summed E-state index contributed by atoms with van der Waals surface area (Å²) in [6, 6.07) is 18.3. The number of benzene rings is 2. The van der Waals surface area contributed by atoms with Gasteiger partial charge in [-0.25, -0.2) is 14.7 Å². The Morgan fingerprint density at radius 2 is 1.83 bits per heavy atom. The number of carbonyl (C=O) groups excluding carboxylic acids is 2. The second kappa shape index (κ2) is 7.55. The maximum atomic E-state index is 12.8. The minimum absolute atomic E-state index is 0.477. The molecule has 0 unspecified atom stereocenters. The van der Waals surface area contributed by atoms with Crippen molar-refractivity contribution in [3.05, 3.63) is 72.6 Å². The van der Waals surface area contributed by atoms with Crippen LogP contribution in [0.1, 0.15) is 5.69 Å². The second-order valence-corrected chi connectivity index (χ2v) is 6.63. The first kappa shape index (κ1) is 18.4. The second-order valence-electron chi connectivity index (χ2n) is 6.63. The van der Waals surface area contributed by atoms with E-state index in [-0.39, 0.29) is 0 Å². The molecule has 0 bridgehead atoms. The number of aromatic nitrogens is 3. The van der Waals surface area contributed by atoms with Crippen LogP contribution in [0.3, 0.4) is 0 Å². The average molecular weight is 385 g/mol. The summed E-state index contributed by atoms with van der Waals surface area (Å²) in [4.78, 5) is 29.8. The topological polar surface area (TPSA) is 80.1 Å². The van der Waals surface area contributed by atoms with E-state index < -0.39 is 6.03 Å². The summed E-state index contributed by atoms with van der Waals surface area (Å²) in [5, 5.41) is 7.90. The number of urea groups is 1. The molecule has 0 atom stereocenters. The third-order valence-corrected chi connectivity index (χ3v) is 4.67. The van der Waals surface area contributed by atoms with Crippen molar-refractivity contribution in [1.82, 2.24) is 14.8 Å². The quantitative estimate of drug-likeness (QED) is 0.536. The van der Waals surface area contributed by atoms with Crippen LogP contribution in [-0.2, 0) is 11.8 Å². The molecule has 2 heterocycles. The van der Waals surface area contributed by atoms with E-state index >= 15 is 0 Å². The lowest BCUT2D eigenvalue weighted by Crippen LogP contribution is -2.33. The molecule has 0 aliphatic rings. The van der Waals surface area contributed by atoms with Crippen LogP contribution in [0.15, 0.2) is 66.9 Å². The van der Waals surface area contributed by atoms with Crippen molar-refractivity contribution in [2.45, 2.75) is 6.92 Å². The normalized spacial score (nSPS) is 10.7. The molecule has 0 spiro atoms. The standard InChI is InChI=1S/C22H19N5O2/c1-15-20-12-18(13-23-21(20)26(2)25-15)24-22(29)27(14-28)19-10-6-9-17(11-19)16-7-4-3-5-8-16/h3-14H,1-2H3,(H,24,29). The van der Waals surface area contributed by atoms with E-state index in [2.05, 4.69) is 15.4 Å². The van der Waals surface area contributed by atoms with E-state index in [0.29, 0.717) is 17.8 Å². The molecule has 0 fully saturated rings. The van der Waals surface area contributed by atoms with Gasteiger partial charge in [-0.15, -0.1) is 0 Å². The van der Waals surface area contributed by atoms with Gasteiger partial charge in [0, 0.05) is 12.4 Å². The first-order valence-corrected chi connectivity index (χ1v) is 9.07. The molecule has 0 radical (unpaired) electrons. The number of nitrogens with zero attached hydrogens (tertiary/aromatic N) is 4. The molecule has 0 aliphatic carbocycles. The zero-order valence-electron chi connectivity index (χ0n) is 16.0. The van der Waals surface area contributed by atoms with Gasteiger partial charge in [0.25, 0.3) is 0 Å². The van der Waals surface area contributed by atoms with E-state index in [4.69, 9.17) is 0 Å². The fourth-order valence-electron chi connectivity index (χ4n) is 3.25. The smallest absolute Gasteiger partial charge is 0.306 e. The van der Waals surface area contributed by atoms with Crippen molar-refractivity contribution < 1.29 is 9.59 Å². The molecule has 7 nitrogen and oxygen atoms in total. The molecule has 29 heavy (non-hydrogen) atoms. The molecule has 0 aliphatic heterocycles. The summed E-state index contributed by atoms with van der Waals surface area (Å²) in [6.45, 7) is 1.88. The van der Waals surface area contributed by atoms with Crippen LogP contribution in [0.5, 0.6) is 0 Å². The Bertz CT molecular complexity index is 1200. The first-order chi connectivity index (χ1) is 14.1. The highest BCUT2D eigenvalue weighted by Crippen LogP contribution is 2.25. The predicted octanol–water partition coefficient (Wildman–Crippen LogP) is 4.14. The molecular weight excluding hydrogens is 366 g/mol. The molecule has 1 N–H and O–H groups in total. The zero-order chi connectivity index (χ0) is 20.4. The van der Waals surface area contributed by atoms with Crippen LogP contribution in [-0.4, -0.2) is 27.2 Å². The van der Waals surface area contributed by atoms with Crippen LogP contribution in [0.2, 0.25) is 0 Å². The van der Waals surface area contributed by atoms with Gasteiger partial charge in [0.1, 0.15) is 0 Å². The SMILES string of the molecule is Cc1nn(C)c2ncc(NC(=O)N(C=O)c3cccc(-c4ccccc4)c3)cc12. The fraction of sp³-hybridized carbons (Fsp3) is 0.0909. The highest BCUT2D eigenvalue weighted by Gasteiger charge is 2.17. The summed E-state index contributed by atoms with van der Waals surface area (Å²) in [6.07, 6.45) is 2.05. The van der Waals surface area contributed by atoms with E-state index in [9.17, 15) is 9.59 Å². The molecule has 7 heteroatoms. The molecule has 3 amide bonds. The number of pyridine rings is 1. The Kier molecular flexibility index (Phi) is 4.78. The number of hydrogen-bond donors (Lipinski definition) is 1. The van der Waals surface area contributed by atoms with Gasteiger partial charge >= 0.3 is 6.03 Å². The summed E-state index contributed by atoms with van der Waals surface area (Å²) in [5.41, 5.74) is 4.42. The van der Waals surface area contributed by atoms with Gasteiger partial charge in [0.05, 0.1) is 23.3 Å². The zero-order valence-corrected chi connectivity index (χ0v) is 16.0. The highest BCUT2D eigenvalue weighted by atomic mass is 16.2. The number of imide groups is 1. The Morgan fingerprint density at radius 1 is 1.07 bits per heavy atom. The van der Waals surface area contributed by atoms with Gasteiger partial charge < -0.3 is 5.32 Å². The molecule has 0 saturated heterocycles. The maximum absolute atomic E-state index is 12.8. The molecule has 2 aromatic heterocycles. The van der Waals surface area contributed by atoms with Crippen molar-refractivity contribution in [3.63, 3.8) is 0 Å².